The number of ether oxygens (including phenoxy) is 1. The van der Waals surface area contributed by atoms with E-state index in [-0.39, 0.29) is 12.5 Å². The first-order chi connectivity index (χ1) is 11.3. The normalized spacial score (nSPS) is 18.0. The molecule has 1 aliphatic heterocycles. The molecule has 3 nitrogen and oxygen atoms in total. The van der Waals surface area contributed by atoms with Crippen molar-refractivity contribution in [1.29, 1.82) is 0 Å². The zero-order valence-corrected chi connectivity index (χ0v) is 14.6. The van der Waals surface area contributed by atoms with Gasteiger partial charge in [0.15, 0.2) is 0 Å². The van der Waals surface area contributed by atoms with Crippen LogP contribution in [0.3, 0.4) is 0 Å². The third-order valence-corrected chi connectivity index (χ3v) is 4.57. The third-order valence-electron chi connectivity index (χ3n) is 4.57. The van der Waals surface area contributed by atoms with Gasteiger partial charge in [0, 0.05) is 44.2 Å². The van der Waals surface area contributed by atoms with Gasteiger partial charge in [-0.15, -0.1) is 0 Å². The fourth-order valence-electron chi connectivity index (χ4n) is 3.20. The molecule has 24 heavy (non-hydrogen) atoms. The van der Waals surface area contributed by atoms with Crippen LogP contribution in [0.2, 0.25) is 0 Å². The van der Waals surface area contributed by atoms with Crippen LogP contribution in [0.4, 0.5) is 13.2 Å². The number of hydrogen-bond donors (Lipinski definition) is 1. The van der Waals surface area contributed by atoms with Gasteiger partial charge in [0.2, 0.25) is 0 Å². The first-order valence-corrected chi connectivity index (χ1v) is 8.51. The van der Waals surface area contributed by atoms with Crippen LogP contribution in [0.1, 0.15) is 49.8 Å². The lowest BCUT2D eigenvalue weighted by Crippen LogP contribution is -2.45. The van der Waals surface area contributed by atoms with Crippen LogP contribution in [0.5, 0.6) is 5.75 Å². The van der Waals surface area contributed by atoms with E-state index < -0.39 is 12.6 Å². The molecule has 1 saturated heterocycles. The summed E-state index contributed by atoms with van der Waals surface area (Å²) < 4.78 is 43.9. The van der Waals surface area contributed by atoms with Crippen LogP contribution in [0.15, 0.2) is 18.2 Å². The van der Waals surface area contributed by atoms with Gasteiger partial charge in [-0.3, -0.25) is 4.90 Å². The van der Waals surface area contributed by atoms with E-state index in [1.165, 1.54) is 0 Å². The number of methoxy groups -OCH3 is 1. The van der Waals surface area contributed by atoms with Gasteiger partial charge < -0.3 is 10.1 Å². The van der Waals surface area contributed by atoms with Crippen molar-refractivity contribution in [2.45, 2.75) is 44.8 Å². The highest BCUT2D eigenvalue weighted by molar-refractivity contribution is 5.40. The molecule has 136 valence electrons. The largest absolute Gasteiger partial charge is 0.496 e. The van der Waals surface area contributed by atoms with Crippen molar-refractivity contribution in [2.75, 3.05) is 33.3 Å². The van der Waals surface area contributed by atoms with E-state index in [0.29, 0.717) is 11.7 Å². The Bertz CT molecular complexity index is 525. The maximum Gasteiger partial charge on any atom is 0.389 e. The molecular weight excluding hydrogens is 317 g/mol. The molecule has 2 rings (SSSR count). The zero-order valence-electron chi connectivity index (χ0n) is 14.6. The van der Waals surface area contributed by atoms with Crippen molar-refractivity contribution >= 4 is 0 Å². The lowest BCUT2D eigenvalue weighted by Gasteiger charge is -2.36. The van der Waals surface area contributed by atoms with Crippen LogP contribution in [-0.2, 0) is 0 Å². The Hall–Kier alpha value is -1.27. The molecular formula is C18H27F3N2O. The number of benzene rings is 1. The molecule has 1 aromatic carbocycles. The summed E-state index contributed by atoms with van der Waals surface area (Å²) in [5.41, 5.74) is 1.99. The highest BCUT2D eigenvalue weighted by Crippen LogP contribution is 2.37. The number of halogens is 3. The predicted molar refractivity (Wildman–Crippen MR) is 89.6 cm³/mol. The maximum absolute atomic E-state index is 12.8. The van der Waals surface area contributed by atoms with Crippen LogP contribution in [0, 0.1) is 0 Å². The van der Waals surface area contributed by atoms with Crippen molar-refractivity contribution in [1.82, 2.24) is 10.2 Å². The van der Waals surface area contributed by atoms with Crippen LogP contribution in [0.25, 0.3) is 0 Å². The van der Waals surface area contributed by atoms with Gasteiger partial charge in [-0.2, -0.15) is 13.2 Å². The summed E-state index contributed by atoms with van der Waals surface area (Å²) >= 11 is 0. The third kappa shape index (κ3) is 5.11. The minimum Gasteiger partial charge on any atom is -0.496 e. The number of alkyl halides is 3. The van der Waals surface area contributed by atoms with Gasteiger partial charge in [-0.05, 0) is 24.0 Å². The van der Waals surface area contributed by atoms with Gasteiger partial charge in [0.1, 0.15) is 5.75 Å². The average Bonchev–Trinajstić information content (AvgIpc) is 2.54. The summed E-state index contributed by atoms with van der Waals surface area (Å²) in [6.45, 7) is 7.26. The number of nitrogens with zero attached hydrogens (tertiary/aromatic N) is 1. The Labute approximate surface area is 142 Å². The highest BCUT2D eigenvalue weighted by Gasteiger charge is 2.32. The Morgan fingerprint density at radius 3 is 2.42 bits per heavy atom. The first-order valence-electron chi connectivity index (χ1n) is 8.51. The van der Waals surface area contributed by atoms with Gasteiger partial charge in [-0.1, -0.05) is 26.0 Å². The molecule has 0 bridgehead atoms. The van der Waals surface area contributed by atoms with E-state index in [9.17, 15) is 13.2 Å². The van der Waals surface area contributed by atoms with Crippen LogP contribution >= 0.6 is 0 Å². The van der Waals surface area contributed by atoms with E-state index in [2.05, 4.69) is 24.1 Å². The minimum absolute atomic E-state index is 0.0570. The lowest BCUT2D eigenvalue weighted by molar-refractivity contribution is -0.138. The van der Waals surface area contributed by atoms with E-state index in [4.69, 9.17) is 4.74 Å². The molecule has 1 heterocycles. The van der Waals surface area contributed by atoms with Gasteiger partial charge in [0.25, 0.3) is 0 Å². The molecule has 1 N–H and O–H groups in total. The number of piperazine rings is 1. The van der Waals surface area contributed by atoms with Crippen LogP contribution in [-0.4, -0.2) is 44.4 Å². The number of hydrogen-bond acceptors (Lipinski definition) is 3. The van der Waals surface area contributed by atoms with Crippen molar-refractivity contribution in [2.24, 2.45) is 0 Å². The molecule has 0 aromatic heterocycles. The Morgan fingerprint density at radius 1 is 1.21 bits per heavy atom. The summed E-state index contributed by atoms with van der Waals surface area (Å²) in [4.78, 5) is 2.14. The van der Waals surface area contributed by atoms with Crippen molar-refractivity contribution in [3.8, 4) is 5.75 Å². The lowest BCUT2D eigenvalue weighted by atomic mass is 9.93. The van der Waals surface area contributed by atoms with Gasteiger partial charge >= 0.3 is 6.18 Å². The second-order valence-electron chi connectivity index (χ2n) is 6.61. The topological polar surface area (TPSA) is 24.5 Å². The first kappa shape index (κ1) is 19.1. The van der Waals surface area contributed by atoms with E-state index in [0.717, 1.165) is 37.3 Å². The molecule has 1 aliphatic rings. The van der Waals surface area contributed by atoms with Crippen LogP contribution < -0.4 is 10.1 Å². The fourth-order valence-corrected chi connectivity index (χ4v) is 3.20. The Morgan fingerprint density at radius 2 is 1.88 bits per heavy atom. The quantitative estimate of drug-likeness (QED) is 0.841. The molecule has 1 atom stereocenters. The molecule has 1 fully saturated rings. The van der Waals surface area contributed by atoms with Crippen molar-refractivity contribution in [3.63, 3.8) is 0 Å². The molecule has 0 spiro atoms. The molecule has 0 aliphatic carbocycles. The standard InChI is InChI=1S/C18H27F3N2O/c1-13(2)14-4-5-17(24-3)15(12-14)16(6-7-18(19,20)21)23-10-8-22-9-11-23/h4-5,12-13,16,22H,6-11H2,1-3H3/t16-/m1/s1. The van der Waals surface area contributed by atoms with Gasteiger partial charge in [0.05, 0.1) is 7.11 Å². The SMILES string of the molecule is COc1ccc(C(C)C)cc1[C@@H](CCC(F)(F)F)N1CCNCC1. The van der Waals surface area contributed by atoms with E-state index in [1.807, 2.05) is 18.2 Å². The Balaban J connectivity index is 2.35. The minimum atomic E-state index is -4.14. The smallest absolute Gasteiger partial charge is 0.389 e. The molecule has 0 saturated carbocycles. The zero-order chi connectivity index (χ0) is 17.7. The second kappa shape index (κ2) is 8.21. The van der Waals surface area contributed by atoms with E-state index in [1.54, 1.807) is 7.11 Å². The molecule has 6 heteroatoms. The summed E-state index contributed by atoms with van der Waals surface area (Å²) in [5.74, 6) is 0.992. The fraction of sp³-hybridized carbons (Fsp3) is 0.667. The molecule has 1 aromatic rings. The second-order valence-corrected chi connectivity index (χ2v) is 6.61. The van der Waals surface area contributed by atoms with Gasteiger partial charge in [-0.25, -0.2) is 0 Å². The average molecular weight is 344 g/mol. The number of nitrogens with one attached hydrogen (secondary N) is 1. The number of rotatable bonds is 6. The Kier molecular flexibility index (Phi) is 6.52. The van der Waals surface area contributed by atoms with Crippen molar-refractivity contribution < 1.29 is 17.9 Å². The van der Waals surface area contributed by atoms with E-state index >= 15 is 0 Å². The monoisotopic (exact) mass is 344 g/mol. The molecule has 0 radical (unpaired) electrons. The maximum atomic E-state index is 12.8. The predicted octanol–water partition coefficient (Wildman–Crippen LogP) is 4.11. The highest BCUT2D eigenvalue weighted by atomic mass is 19.4. The summed E-state index contributed by atoms with van der Waals surface area (Å²) in [6.07, 6.45) is -4.87. The van der Waals surface area contributed by atoms with Crippen molar-refractivity contribution in [3.05, 3.63) is 29.3 Å². The summed E-state index contributed by atoms with van der Waals surface area (Å²) in [5, 5.41) is 3.26. The molecule has 0 amide bonds. The molecule has 0 unspecified atom stereocenters. The summed E-state index contributed by atoms with van der Waals surface area (Å²) in [6, 6.07) is 5.62. The summed E-state index contributed by atoms with van der Waals surface area (Å²) in [7, 11) is 1.58.